The van der Waals surface area contributed by atoms with Gasteiger partial charge in [-0.15, -0.1) is 0 Å². The number of hydrogen-bond acceptors (Lipinski definition) is 6. The molecule has 2 amide bonds. The number of rotatable bonds is 6. The lowest BCUT2D eigenvalue weighted by Gasteiger charge is -2.35. The van der Waals surface area contributed by atoms with Crippen LogP contribution in [0.15, 0.2) is 72.9 Å². The lowest BCUT2D eigenvalue weighted by atomic mass is 10.1. The fourth-order valence-electron chi connectivity index (χ4n) is 4.38. The van der Waals surface area contributed by atoms with E-state index in [-0.39, 0.29) is 19.1 Å². The van der Waals surface area contributed by atoms with Crippen LogP contribution in [-0.2, 0) is 19.3 Å². The van der Waals surface area contributed by atoms with Crippen LogP contribution < -0.4 is 26.2 Å². The summed E-state index contributed by atoms with van der Waals surface area (Å²) in [5.41, 5.74) is 9.95. The summed E-state index contributed by atoms with van der Waals surface area (Å²) in [6.07, 6.45) is -2.72. The number of fused-ring (bicyclic) bond motifs is 1. The molecule has 0 aliphatic carbocycles. The van der Waals surface area contributed by atoms with Crippen LogP contribution in [0.2, 0.25) is 0 Å². The molecule has 1 aliphatic rings. The first-order chi connectivity index (χ1) is 18.6. The molecule has 4 N–H and O–H groups in total. The number of benzene rings is 3. The highest BCUT2D eigenvalue weighted by Crippen LogP contribution is 2.34. The number of nitrogen functional groups attached to an aromatic ring is 1. The van der Waals surface area contributed by atoms with Gasteiger partial charge in [0.1, 0.15) is 5.82 Å². The van der Waals surface area contributed by atoms with Crippen molar-refractivity contribution in [1.29, 1.82) is 0 Å². The minimum Gasteiger partial charge on any atom is -0.399 e. The van der Waals surface area contributed by atoms with E-state index in [1.54, 1.807) is 36.3 Å². The zero-order valence-corrected chi connectivity index (χ0v) is 21.3. The lowest BCUT2D eigenvalue weighted by molar-refractivity contribution is -0.137. The normalized spacial score (nSPS) is 13.3. The summed E-state index contributed by atoms with van der Waals surface area (Å²) >= 11 is 0. The van der Waals surface area contributed by atoms with Crippen LogP contribution in [0.4, 0.5) is 52.5 Å². The molecule has 3 aromatic carbocycles. The molecule has 0 spiro atoms. The third-order valence-electron chi connectivity index (χ3n) is 6.40. The van der Waals surface area contributed by atoms with Crippen molar-refractivity contribution in [1.82, 2.24) is 9.97 Å². The van der Waals surface area contributed by atoms with Crippen molar-refractivity contribution in [3.05, 3.63) is 95.2 Å². The van der Waals surface area contributed by atoms with Gasteiger partial charge in [0.2, 0.25) is 5.95 Å². The molecule has 39 heavy (non-hydrogen) atoms. The van der Waals surface area contributed by atoms with E-state index in [0.29, 0.717) is 34.4 Å². The maximum absolute atomic E-state index is 13.4. The molecule has 5 rings (SSSR count). The predicted molar refractivity (Wildman–Crippen MR) is 146 cm³/mol. The topological polar surface area (TPSA) is 99.4 Å². The molecule has 1 aliphatic heterocycles. The van der Waals surface area contributed by atoms with Crippen LogP contribution in [0.3, 0.4) is 0 Å². The predicted octanol–water partition coefficient (Wildman–Crippen LogP) is 6.32. The van der Waals surface area contributed by atoms with Gasteiger partial charge in [0.15, 0.2) is 0 Å². The second kappa shape index (κ2) is 10.2. The number of anilines is 6. The molecule has 200 valence electrons. The standard InChI is InChI=1S/C28H26F3N7O/c1-17-9-10-22(33-14-18-5-3-6-20(11-18)28(29,30)31)13-24(17)38-16-19-15-34-26(36-25(19)37(2)27(38)39)35-23-8-4-7-21(32)12-23/h3-13,15,33H,14,16,32H2,1-2H3,(H,34,35,36). The van der Waals surface area contributed by atoms with Crippen LogP contribution in [0.25, 0.3) is 0 Å². The molecular formula is C28H26F3N7O. The first-order valence-electron chi connectivity index (χ1n) is 12.1. The molecule has 8 nitrogen and oxygen atoms in total. The van der Waals surface area contributed by atoms with E-state index in [9.17, 15) is 18.0 Å². The minimum absolute atomic E-state index is 0.194. The fourth-order valence-corrected chi connectivity index (χ4v) is 4.38. The van der Waals surface area contributed by atoms with Crippen LogP contribution in [-0.4, -0.2) is 23.0 Å². The summed E-state index contributed by atoms with van der Waals surface area (Å²) in [5, 5.41) is 6.27. The summed E-state index contributed by atoms with van der Waals surface area (Å²) in [4.78, 5) is 25.5. The summed E-state index contributed by atoms with van der Waals surface area (Å²) in [6, 6.07) is 17.6. The summed E-state index contributed by atoms with van der Waals surface area (Å²) in [7, 11) is 1.65. The Hall–Kier alpha value is -4.80. The first-order valence-corrected chi connectivity index (χ1v) is 12.1. The van der Waals surface area contributed by atoms with E-state index < -0.39 is 11.7 Å². The van der Waals surface area contributed by atoms with Gasteiger partial charge in [-0.2, -0.15) is 18.2 Å². The van der Waals surface area contributed by atoms with Crippen molar-refractivity contribution in [2.45, 2.75) is 26.2 Å². The summed E-state index contributed by atoms with van der Waals surface area (Å²) in [5.74, 6) is 0.832. The molecule has 0 saturated carbocycles. The maximum atomic E-state index is 13.4. The molecular weight excluding hydrogens is 507 g/mol. The number of aryl methyl sites for hydroxylation is 1. The number of nitrogens with zero attached hydrogens (tertiary/aromatic N) is 4. The molecule has 0 radical (unpaired) electrons. The number of carbonyl (C=O) groups excluding carboxylic acids is 1. The number of halogens is 3. The quantitative estimate of drug-likeness (QED) is 0.251. The average Bonchev–Trinajstić information content (AvgIpc) is 2.90. The van der Waals surface area contributed by atoms with Gasteiger partial charge >= 0.3 is 12.2 Å². The second-order valence-corrected chi connectivity index (χ2v) is 9.27. The largest absolute Gasteiger partial charge is 0.416 e. The van der Waals surface area contributed by atoms with Gasteiger partial charge < -0.3 is 16.4 Å². The molecule has 4 aromatic rings. The van der Waals surface area contributed by atoms with Gasteiger partial charge in [-0.25, -0.2) is 9.78 Å². The highest BCUT2D eigenvalue weighted by atomic mass is 19.4. The molecule has 0 bridgehead atoms. The second-order valence-electron chi connectivity index (χ2n) is 9.27. The Balaban J connectivity index is 1.35. The van der Waals surface area contributed by atoms with Crippen LogP contribution in [0, 0.1) is 6.92 Å². The zero-order valence-electron chi connectivity index (χ0n) is 21.3. The van der Waals surface area contributed by atoms with Crippen molar-refractivity contribution in [3.63, 3.8) is 0 Å². The van der Waals surface area contributed by atoms with E-state index in [1.807, 2.05) is 37.3 Å². The number of alkyl halides is 3. The average molecular weight is 534 g/mol. The number of urea groups is 1. The summed E-state index contributed by atoms with van der Waals surface area (Å²) < 4.78 is 39.2. The molecule has 0 fully saturated rings. The van der Waals surface area contributed by atoms with Gasteiger partial charge in [-0.1, -0.05) is 24.3 Å². The Kier molecular flexibility index (Phi) is 6.73. The van der Waals surface area contributed by atoms with Crippen molar-refractivity contribution < 1.29 is 18.0 Å². The SMILES string of the molecule is Cc1ccc(NCc2cccc(C(F)(F)F)c2)cc1N1Cc2cnc(Nc3cccc(N)c3)nc2N(C)C1=O. The van der Waals surface area contributed by atoms with Gasteiger partial charge in [0.25, 0.3) is 0 Å². The summed E-state index contributed by atoms with van der Waals surface area (Å²) in [6.45, 7) is 2.35. The van der Waals surface area contributed by atoms with Crippen LogP contribution in [0.5, 0.6) is 0 Å². The van der Waals surface area contributed by atoms with Crippen molar-refractivity contribution in [3.8, 4) is 0 Å². The van der Waals surface area contributed by atoms with Crippen LogP contribution in [0.1, 0.15) is 22.3 Å². The Morgan fingerprint density at radius 1 is 1.03 bits per heavy atom. The third kappa shape index (κ3) is 5.57. The Morgan fingerprint density at radius 3 is 2.59 bits per heavy atom. The number of nitrogens with two attached hydrogens (primary N) is 1. The third-order valence-corrected chi connectivity index (χ3v) is 6.40. The first kappa shape index (κ1) is 25.8. The monoisotopic (exact) mass is 533 g/mol. The number of nitrogens with one attached hydrogen (secondary N) is 2. The number of hydrogen-bond donors (Lipinski definition) is 3. The van der Waals surface area contributed by atoms with E-state index in [1.165, 1.54) is 11.0 Å². The van der Waals surface area contributed by atoms with Gasteiger partial charge in [-0.3, -0.25) is 9.80 Å². The van der Waals surface area contributed by atoms with E-state index in [0.717, 1.165) is 28.9 Å². The zero-order chi connectivity index (χ0) is 27.7. The van der Waals surface area contributed by atoms with E-state index >= 15 is 0 Å². The highest BCUT2D eigenvalue weighted by Gasteiger charge is 2.32. The van der Waals surface area contributed by atoms with E-state index in [2.05, 4.69) is 20.6 Å². The molecule has 0 unspecified atom stereocenters. The van der Waals surface area contributed by atoms with Crippen molar-refractivity contribution in [2.24, 2.45) is 0 Å². The fraction of sp³-hybridized carbons (Fsp3) is 0.179. The van der Waals surface area contributed by atoms with Gasteiger partial charge in [-0.05, 0) is 60.5 Å². The van der Waals surface area contributed by atoms with Crippen LogP contribution >= 0.6 is 0 Å². The lowest BCUT2D eigenvalue weighted by Crippen LogP contribution is -2.46. The molecule has 11 heteroatoms. The molecule has 0 saturated heterocycles. The van der Waals surface area contributed by atoms with Gasteiger partial charge in [0.05, 0.1) is 17.8 Å². The Labute approximate surface area is 223 Å². The molecule has 0 atom stereocenters. The Morgan fingerprint density at radius 2 is 1.82 bits per heavy atom. The smallest absolute Gasteiger partial charge is 0.399 e. The van der Waals surface area contributed by atoms with E-state index in [4.69, 9.17) is 5.73 Å². The maximum Gasteiger partial charge on any atom is 0.416 e. The molecule has 1 aromatic heterocycles. The van der Waals surface area contributed by atoms with Gasteiger partial charge in [0, 0.05) is 42.4 Å². The number of carbonyl (C=O) groups is 1. The number of aromatic nitrogens is 2. The number of amides is 2. The highest BCUT2D eigenvalue weighted by molar-refractivity contribution is 6.05. The minimum atomic E-state index is -4.40. The Bertz CT molecular complexity index is 1540. The molecule has 2 heterocycles. The van der Waals surface area contributed by atoms with Crippen molar-refractivity contribution >= 4 is 40.5 Å². The van der Waals surface area contributed by atoms with Crippen molar-refractivity contribution in [2.75, 3.05) is 33.2 Å².